The Morgan fingerprint density at radius 3 is 2.62 bits per heavy atom. The fraction of sp³-hybridized carbons (Fsp3) is 0.368. The molecule has 0 bridgehead atoms. The van der Waals surface area contributed by atoms with Crippen LogP contribution in [0, 0.1) is 5.82 Å². The van der Waals surface area contributed by atoms with Gasteiger partial charge in [0, 0.05) is 32.4 Å². The lowest BCUT2D eigenvalue weighted by atomic mass is 10.2. The van der Waals surface area contributed by atoms with Gasteiger partial charge in [0.05, 0.1) is 0 Å². The van der Waals surface area contributed by atoms with Crippen molar-refractivity contribution < 1.29 is 17.6 Å². The highest BCUT2D eigenvalue weighted by atomic mass is 32.2. The van der Waals surface area contributed by atoms with E-state index in [4.69, 9.17) is 0 Å². The number of thioether (sulfide) groups is 1. The topological polar surface area (TPSA) is 91.4 Å². The largest absolute Gasteiger partial charge is 0.362 e. The molecular weight excluding hydrogens is 415 g/mol. The number of carbonyl (C=O) groups excluding carboxylic acids is 1. The molecule has 0 aliphatic heterocycles. The van der Waals surface area contributed by atoms with Gasteiger partial charge in [-0.2, -0.15) is 16.5 Å². The lowest BCUT2D eigenvalue weighted by Gasteiger charge is -2.20. The third-order valence-electron chi connectivity index (χ3n) is 4.09. The summed E-state index contributed by atoms with van der Waals surface area (Å²) in [5.41, 5.74) is 0.798. The van der Waals surface area contributed by atoms with E-state index < -0.39 is 32.7 Å². The standard InChI is InChI=1S/C19H25FN4O3S2/c1-24(2)18-14(7-6-11-21-18)13-22-19(25)16(10-12-28-3)23-29(26,27)17-9-5-4-8-15(17)20/h4-9,11,16,23H,10,12-13H2,1-3H3,(H,22,25). The van der Waals surface area contributed by atoms with E-state index in [2.05, 4.69) is 15.0 Å². The first-order valence-electron chi connectivity index (χ1n) is 8.91. The highest BCUT2D eigenvalue weighted by Crippen LogP contribution is 2.16. The minimum atomic E-state index is -4.19. The number of hydrogen-bond donors (Lipinski definition) is 2. The Balaban J connectivity index is 2.15. The van der Waals surface area contributed by atoms with Gasteiger partial charge in [0.15, 0.2) is 0 Å². The molecule has 2 rings (SSSR count). The second-order valence-corrected chi connectivity index (χ2v) is 9.15. The summed E-state index contributed by atoms with van der Waals surface area (Å²) in [5.74, 6) is -0.0730. The highest BCUT2D eigenvalue weighted by molar-refractivity contribution is 7.98. The number of anilines is 1. The van der Waals surface area contributed by atoms with E-state index in [1.807, 2.05) is 31.3 Å². The van der Waals surface area contributed by atoms with Crippen molar-refractivity contribution in [3.63, 3.8) is 0 Å². The van der Waals surface area contributed by atoms with E-state index in [1.54, 1.807) is 12.3 Å². The van der Waals surface area contributed by atoms with Crippen LogP contribution in [0.15, 0.2) is 47.5 Å². The monoisotopic (exact) mass is 440 g/mol. The van der Waals surface area contributed by atoms with Crippen LogP contribution in [0.25, 0.3) is 0 Å². The molecule has 0 aliphatic carbocycles. The summed E-state index contributed by atoms with van der Waals surface area (Å²) in [6, 6.07) is 7.65. The van der Waals surface area contributed by atoms with Gasteiger partial charge >= 0.3 is 0 Å². The van der Waals surface area contributed by atoms with Gasteiger partial charge in [-0.15, -0.1) is 0 Å². The second kappa shape index (κ2) is 10.6. The molecule has 2 aromatic rings. The third-order valence-corrected chi connectivity index (χ3v) is 6.24. The van der Waals surface area contributed by atoms with Crippen molar-refractivity contribution in [3.8, 4) is 0 Å². The molecule has 0 spiro atoms. The summed E-state index contributed by atoms with van der Waals surface area (Å²) < 4.78 is 41.5. The normalized spacial score (nSPS) is 12.4. The number of carbonyl (C=O) groups is 1. The molecule has 10 heteroatoms. The Hall–Kier alpha value is -2.17. The van der Waals surface area contributed by atoms with Crippen LogP contribution in [0.3, 0.4) is 0 Å². The zero-order valence-electron chi connectivity index (χ0n) is 16.6. The Morgan fingerprint density at radius 1 is 1.24 bits per heavy atom. The molecule has 1 amide bonds. The quantitative estimate of drug-likeness (QED) is 0.587. The predicted octanol–water partition coefficient (Wildman–Crippen LogP) is 2.00. The molecule has 1 unspecified atom stereocenters. The molecule has 0 fully saturated rings. The number of amides is 1. The Kier molecular flexibility index (Phi) is 8.42. The minimum absolute atomic E-state index is 0.192. The van der Waals surface area contributed by atoms with E-state index in [9.17, 15) is 17.6 Å². The van der Waals surface area contributed by atoms with Crippen LogP contribution in [0.1, 0.15) is 12.0 Å². The SMILES string of the molecule is CSCCC(NS(=O)(=O)c1ccccc1F)C(=O)NCc1cccnc1N(C)C. The van der Waals surface area contributed by atoms with Gasteiger partial charge in [-0.1, -0.05) is 18.2 Å². The van der Waals surface area contributed by atoms with Crippen molar-refractivity contribution in [1.29, 1.82) is 0 Å². The molecule has 0 saturated carbocycles. The number of aromatic nitrogens is 1. The van der Waals surface area contributed by atoms with Gasteiger partial charge in [-0.05, 0) is 36.6 Å². The van der Waals surface area contributed by atoms with Crippen molar-refractivity contribution in [3.05, 3.63) is 54.0 Å². The van der Waals surface area contributed by atoms with E-state index in [0.29, 0.717) is 11.6 Å². The van der Waals surface area contributed by atoms with Crippen LogP contribution in [-0.4, -0.2) is 51.5 Å². The van der Waals surface area contributed by atoms with Crippen molar-refractivity contribution in [2.45, 2.75) is 23.9 Å². The average Bonchev–Trinajstić information content (AvgIpc) is 2.69. The molecule has 0 saturated heterocycles. The maximum Gasteiger partial charge on any atom is 0.244 e. The van der Waals surface area contributed by atoms with Crippen LogP contribution >= 0.6 is 11.8 Å². The fourth-order valence-corrected chi connectivity index (χ4v) is 4.45. The van der Waals surface area contributed by atoms with Gasteiger partial charge in [0.2, 0.25) is 15.9 Å². The predicted molar refractivity (Wildman–Crippen MR) is 114 cm³/mol. The molecule has 29 heavy (non-hydrogen) atoms. The van der Waals surface area contributed by atoms with Gasteiger partial charge in [0.1, 0.15) is 22.6 Å². The van der Waals surface area contributed by atoms with Gasteiger partial charge < -0.3 is 10.2 Å². The summed E-state index contributed by atoms with van der Waals surface area (Å²) in [6.45, 7) is 0.192. The van der Waals surface area contributed by atoms with Crippen LogP contribution in [-0.2, 0) is 21.4 Å². The number of rotatable bonds is 10. The maximum absolute atomic E-state index is 13.9. The van der Waals surface area contributed by atoms with Crippen LogP contribution in [0.4, 0.5) is 10.2 Å². The molecule has 1 heterocycles. The lowest BCUT2D eigenvalue weighted by molar-refractivity contribution is -0.122. The summed E-state index contributed by atoms with van der Waals surface area (Å²) in [7, 11) is -0.496. The summed E-state index contributed by atoms with van der Waals surface area (Å²) in [4.78, 5) is 18.3. The van der Waals surface area contributed by atoms with E-state index in [1.165, 1.54) is 30.0 Å². The van der Waals surface area contributed by atoms with Crippen molar-refractivity contribution in [1.82, 2.24) is 15.0 Å². The number of hydrogen-bond acceptors (Lipinski definition) is 6. The lowest BCUT2D eigenvalue weighted by Crippen LogP contribution is -2.47. The first-order valence-corrected chi connectivity index (χ1v) is 11.8. The number of halogens is 1. The Bertz CT molecular complexity index is 939. The van der Waals surface area contributed by atoms with Crippen LogP contribution < -0.4 is 14.9 Å². The first kappa shape index (κ1) is 23.1. The van der Waals surface area contributed by atoms with Crippen molar-refractivity contribution in [2.75, 3.05) is 31.0 Å². The highest BCUT2D eigenvalue weighted by Gasteiger charge is 2.27. The van der Waals surface area contributed by atoms with E-state index in [0.717, 1.165) is 11.6 Å². The third kappa shape index (κ3) is 6.41. The number of benzene rings is 1. The number of pyridine rings is 1. The molecule has 158 valence electrons. The van der Waals surface area contributed by atoms with Gasteiger partial charge in [0.25, 0.3) is 0 Å². The summed E-state index contributed by atoms with van der Waals surface area (Å²) >= 11 is 1.49. The number of nitrogens with one attached hydrogen (secondary N) is 2. The van der Waals surface area contributed by atoms with Gasteiger partial charge in [-0.25, -0.2) is 17.8 Å². The van der Waals surface area contributed by atoms with Crippen LogP contribution in [0.2, 0.25) is 0 Å². The number of nitrogens with zero attached hydrogens (tertiary/aromatic N) is 2. The Morgan fingerprint density at radius 2 is 1.97 bits per heavy atom. The van der Waals surface area contributed by atoms with Gasteiger partial charge in [-0.3, -0.25) is 4.79 Å². The summed E-state index contributed by atoms with van der Waals surface area (Å²) in [6.07, 6.45) is 3.79. The molecular formula is C19H25FN4O3S2. The molecule has 2 N–H and O–H groups in total. The number of sulfonamides is 1. The smallest absolute Gasteiger partial charge is 0.244 e. The van der Waals surface area contributed by atoms with Crippen molar-refractivity contribution in [2.24, 2.45) is 0 Å². The average molecular weight is 441 g/mol. The molecule has 7 nitrogen and oxygen atoms in total. The van der Waals surface area contributed by atoms with Crippen molar-refractivity contribution >= 4 is 33.5 Å². The Labute approximate surface area is 175 Å². The zero-order chi connectivity index (χ0) is 21.4. The van der Waals surface area contributed by atoms with Crippen LogP contribution in [0.5, 0.6) is 0 Å². The molecule has 1 aromatic carbocycles. The molecule has 0 aliphatic rings. The summed E-state index contributed by atoms with van der Waals surface area (Å²) in [5, 5.41) is 2.76. The van der Waals surface area contributed by atoms with E-state index >= 15 is 0 Å². The molecule has 1 atom stereocenters. The molecule has 1 aromatic heterocycles. The first-order chi connectivity index (χ1) is 13.8. The zero-order valence-corrected chi connectivity index (χ0v) is 18.2. The minimum Gasteiger partial charge on any atom is -0.362 e. The molecule has 0 radical (unpaired) electrons. The maximum atomic E-state index is 13.9. The second-order valence-electron chi connectivity index (χ2n) is 6.48. The van der Waals surface area contributed by atoms with E-state index in [-0.39, 0.29) is 13.0 Å². The fourth-order valence-electron chi connectivity index (χ4n) is 2.67.